The lowest BCUT2D eigenvalue weighted by Crippen LogP contribution is -2.23. The Hall–Kier alpha value is -1.39. The molecule has 1 unspecified atom stereocenters. The molecule has 0 fully saturated rings. The number of hydrogen-bond acceptors (Lipinski definition) is 2. The van der Waals surface area contributed by atoms with E-state index in [1.807, 2.05) is 12.1 Å². The monoisotopic (exact) mass is 351 g/mol. The zero-order valence-electron chi connectivity index (χ0n) is 12.4. The molecular weight excluding hydrogens is 333 g/mol. The number of rotatable bonds is 5. The maximum absolute atomic E-state index is 13.7. The Morgan fingerprint density at radius 3 is 2.57 bits per heavy atom. The van der Waals surface area contributed by atoms with Crippen LogP contribution >= 0.6 is 15.9 Å². The second kappa shape index (κ2) is 7.05. The molecule has 0 aliphatic carbocycles. The van der Waals surface area contributed by atoms with E-state index in [4.69, 9.17) is 4.74 Å². The third kappa shape index (κ3) is 3.44. The van der Waals surface area contributed by atoms with Gasteiger partial charge in [0.05, 0.1) is 17.6 Å². The van der Waals surface area contributed by atoms with Crippen molar-refractivity contribution >= 4 is 15.9 Å². The highest BCUT2D eigenvalue weighted by Gasteiger charge is 2.20. The van der Waals surface area contributed by atoms with E-state index < -0.39 is 0 Å². The molecule has 0 aromatic heterocycles. The summed E-state index contributed by atoms with van der Waals surface area (Å²) in [5, 5.41) is 3.45. The first-order valence-electron chi connectivity index (χ1n) is 6.90. The normalized spacial score (nSPS) is 12.2. The number of nitrogens with one attached hydrogen (secondary N) is 1. The lowest BCUT2D eigenvalue weighted by atomic mass is 9.94. The maximum atomic E-state index is 13.7. The molecular formula is C17H19BrFNO. The van der Waals surface area contributed by atoms with Crippen LogP contribution in [-0.4, -0.2) is 13.7 Å². The highest BCUT2D eigenvalue weighted by molar-refractivity contribution is 9.10. The van der Waals surface area contributed by atoms with Crippen LogP contribution in [0.3, 0.4) is 0 Å². The van der Waals surface area contributed by atoms with E-state index in [2.05, 4.69) is 47.2 Å². The van der Waals surface area contributed by atoms with E-state index in [-0.39, 0.29) is 11.9 Å². The minimum absolute atomic E-state index is 0.0388. The van der Waals surface area contributed by atoms with Crippen molar-refractivity contribution in [3.8, 4) is 5.75 Å². The number of hydrogen-bond donors (Lipinski definition) is 1. The van der Waals surface area contributed by atoms with Crippen LogP contribution in [0.4, 0.5) is 4.39 Å². The summed E-state index contributed by atoms with van der Waals surface area (Å²) in [6.07, 6.45) is 0. The summed E-state index contributed by atoms with van der Waals surface area (Å²) < 4.78 is 19.5. The van der Waals surface area contributed by atoms with E-state index in [9.17, 15) is 4.39 Å². The zero-order chi connectivity index (χ0) is 15.4. The van der Waals surface area contributed by atoms with Gasteiger partial charge in [0.25, 0.3) is 0 Å². The molecule has 4 heteroatoms. The highest BCUT2D eigenvalue weighted by Crippen LogP contribution is 2.35. The van der Waals surface area contributed by atoms with Gasteiger partial charge in [0.15, 0.2) is 0 Å². The predicted octanol–water partition coefficient (Wildman–Crippen LogP) is 4.60. The van der Waals surface area contributed by atoms with Crippen LogP contribution in [0.25, 0.3) is 0 Å². The number of ether oxygens (including phenoxy) is 1. The van der Waals surface area contributed by atoms with Crippen LogP contribution in [0.15, 0.2) is 40.9 Å². The standard InChI is InChI=1S/C17H19BrFNO/c1-4-20-17(12-8-6-5-7-11(12)2)13-9-14(18)15(19)10-16(13)21-3/h5-10,17,20H,4H2,1-3H3. The fourth-order valence-electron chi connectivity index (χ4n) is 2.45. The maximum Gasteiger partial charge on any atom is 0.141 e. The first kappa shape index (κ1) is 16.0. The third-order valence-corrected chi connectivity index (χ3v) is 4.10. The van der Waals surface area contributed by atoms with Crippen molar-refractivity contribution in [1.82, 2.24) is 5.32 Å². The van der Waals surface area contributed by atoms with Crippen molar-refractivity contribution in [3.05, 3.63) is 63.4 Å². The Morgan fingerprint density at radius 1 is 1.24 bits per heavy atom. The van der Waals surface area contributed by atoms with E-state index >= 15 is 0 Å². The van der Waals surface area contributed by atoms with Gasteiger partial charge in [-0.15, -0.1) is 0 Å². The minimum atomic E-state index is -0.323. The van der Waals surface area contributed by atoms with Crippen molar-refractivity contribution in [1.29, 1.82) is 0 Å². The van der Waals surface area contributed by atoms with Crippen LogP contribution in [0.1, 0.15) is 29.7 Å². The summed E-state index contributed by atoms with van der Waals surface area (Å²) in [6.45, 7) is 4.93. The van der Waals surface area contributed by atoms with Gasteiger partial charge in [-0.05, 0) is 46.6 Å². The molecule has 2 aromatic carbocycles. The largest absolute Gasteiger partial charge is 0.496 e. The smallest absolute Gasteiger partial charge is 0.141 e. The lowest BCUT2D eigenvalue weighted by Gasteiger charge is -2.23. The summed E-state index contributed by atoms with van der Waals surface area (Å²) in [5.41, 5.74) is 3.27. The number of benzene rings is 2. The molecule has 0 aliphatic heterocycles. The molecule has 0 heterocycles. The van der Waals surface area contributed by atoms with Crippen molar-refractivity contribution < 1.29 is 9.13 Å². The van der Waals surface area contributed by atoms with Gasteiger partial charge in [0, 0.05) is 11.6 Å². The first-order valence-corrected chi connectivity index (χ1v) is 7.69. The summed E-state index contributed by atoms with van der Waals surface area (Å²) in [5.74, 6) is 0.223. The number of halogens is 2. The van der Waals surface area contributed by atoms with E-state index in [0.717, 1.165) is 17.7 Å². The van der Waals surface area contributed by atoms with E-state index in [0.29, 0.717) is 10.2 Å². The van der Waals surface area contributed by atoms with Gasteiger partial charge >= 0.3 is 0 Å². The summed E-state index contributed by atoms with van der Waals surface area (Å²) >= 11 is 3.26. The van der Waals surface area contributed by atoms with Gasteiger partial charge in [-0.2, -0.15) is 0 Å². The second-order valence-corrected chi connectivity index (χ2v) is 5.71. The molecule has 2 nitrogen and oxygen atoms in total. The quantitative estimate of drug-likeness (QED) is 0.849. The highest BCUT2D eigenvalue weighted by atomic mass is 79.9. The van der Waals surface area contributed by atoms with Gasteiger partial charge in [0.2, 0.25) is 0 Å². The molecule has 0 spiro atoms. The van der Waals surface area contributed by atoms with Gasteiger partial charge in [-0.1, -0.05) is 31.2 Å². The zero-order valence-corrected chi connectivity index (χ0v) is 14.0. The molecule has 0 radical (unpaired) electrons. The van der Waals surface area contributed by atoms with Crippen molar-refractivity contribution in [3.63, 3.8) is 0 Å². The molecule has 0 bridgehead atoms. The Morgan fingerprint density at radius 2 is 1.95 bits per heavy atom. The number of aryl methyl sites for hydroxylation is 1. The molecule has 0 aliphatic rings. The van der Waals surface area contributed by atoms with Gasteiger partial charge in [0.1, 0.15) is 11.6 Å². The Balaban J connectivity index is 2.58. The van der Waals surface area contributed by atoms with Crippen LogP contribution in [0, 0.1) is 12.7 Å². The molecule has 21 heavy (non-hydrogen) atoms. The molecule has 2 aromatic rings. The average Bonchev–Trinajstić information content (AvgIpc) is 2.48. The summed E-state index contributed by atoms with van der Waals surface area (Å²) in [7, 11) is 1.56. The Bertz CT molecular complexity index is 630. The predicted molar refractivity (Wildman–Crippen MR) is 87.4 cm³/mol. The Labute approximate surface area is 133 Å². The molecule has 0 saturated heterocycles. The second-order valence-electron chi connectivity index (χ2n) is 4.86. The van der Waals surface area contributed by atoms with Crippen LogP contribution in [0.5, 0.6) is 5.75 Å². The van der Waals surface area contributed by atoms with E-state index in [1.165, 1.54) is 11.6 Å². The molecule has 1 atom stereocenters. The van der Waals surface area contributed by atoms with Crippen molar-refractivity contribution in [2.75, 3.05) is 13.7 Å². The minimum Gasteiger partial charge on any atom is -0.496 e. The van der Waals surface area contributed by atoms with Crippen LogP contribution < -0.4 is 10.1 Å². The lowest BCUT2D eigenvalue weighted by molar-refractivity contribution is 0.400. The average molecular weight is 352 g/mol. The SMILES string of the molecule is CCNC(c1ccccc1C)c1cc(Br)c(F)cc1OC. The molecule has 0 saturated carbocycles. The third-order valence-electron chi connectivity index (χ3n) is 3.49. The fourth-order valence-corrected chi connectivity index (χ4v) is 2.81. The Kier molecular flexibility index (Phi) is 5.37. The van der Waals surface area contributed by atoms with Crippen molar-refractivity contribution in [2.24, 2.45) is 0 Å². The topological polar surface area (TPSA) is 21.3 Å². The number of methoxy groups -OCH3 is 1. The molecule has 112 valence electrons. The summed E-state index contributed by atoms with van der Waals surface area (Å²) in [4.78, 5) is 0. The van der Waals surface area contributed by atoms with E-state index in [1.54, 1.807) is 13.2 Å². The molecule has 1 N–H and O–H groups in total. The fraction of sp³-hybridized carbons (Fsp3) is 0.294. The van der Waals surface area contributed by atoms with Gasteiger partial charge in [-0.3, -0.25) is 0 Å². The van der Waals surface area contributed by atoms with Crippen LogP contribution in [0.2, 0.25) is 0 Å². The van der Waals surface area contributed by atoms with Gasteiger partial charge in [-0.25, -0.2) is 4.39 Å². The van der Waals surface area contributed by atoms with Crippen molar-refractivity contribution in [2.45, 2.75) is 19.9 Å². The first-order chi connectivity index (χ1) is 10.1. The van der Waals surface area contributed by atoms with Gasteiger partial charge < -0.3 is 10.1 Å². The van der Waals surface area contributed by atoms with Crippen LogP contribution in [-0.2, 0) is 0 Å². The summed E-state index contributed by atoms with van der Waals surface area (Å²) in [6, 6.07) is 11.3. The molecule has 2 rings (SSSR count). The molecule has 0 amide bonds.